The molecule has 2 aromatic heterocycles. The smallest absolute Gasteiger partial charge is 0.182 e. The quantitative estimate of drug-likeness (QED) is 0.942. The van der Waals surface area contributed by atoms with Crippen LogP contribution < -0.4 is 5.32 Å². The molecule has 0 atom stereocenters. The van der Waals surface area contributed by atoms with Crippen molar-refractivity contribution in [2.45, 2.75) is 13.8 Å². The molecule has 0 bridgehead atoms. The van der Waals surface area contributed by atoms with Crippen LogP contribution in [0.25, 0.3) is 11.5 Å². The third-order valence-corrected chi connectivity index (χ3v) is 3.10. The largest absolute Gasteiger partial charge is 0.369 e. The second-order valence-electron chi connectivity index (χ2n) is 3.42. The zero-order chi connectivity index (χ0) is 12.3. The first-order chi connectivity index (χ1) is 8.22. The Hall–Kier alpha value is -1.56. The van der Waals surface area contributed by atoms with Gasteiger partial charge in [-0.3, -0.25) is 4.98 Å². The highest BCUT2D eigenvalue weighted by molar-refractivity contribution is 9.10. The lowest BCUT2D eigenvalue weighted by molar-refractivity contribution is 1.04. The Morgan fingerprint density at radius 3 is 2.76 bits per heavy atom. The van der Waals surface area contributed by atoms with Crippen LogP contribution in [0.3, 0.4) is 0 Å². The van der Waals surface area contributed by atoms with Crippen LogP contribution in [0.2, 0.25) is 0 Å². The highest BCUT2D eigenvalue weighted by Crippen LogP contribution is 2.25. The average Bonchev–Trinajstić information content (AvgIpc) is 2.36. The summed E-state index contributed by atoms with van der Waals surface area (Å²) in [5, 5.41) is 3.18. The van der Waals surface area contributed by atoms with E-state index in [0.29, 0.717) is 11.5 Å². The van der Waals surface area contributed by atoms with Gasteiger partial charge in [0.15, 0.2) is 5.82 Å². The zero-order valence-corrected chi connectivity index (χ0v) is 11.2. The van der Waals surface area contributed by atoms with Crippen molar-refractivity contribution in [3.05, 3.63) is 28.8 Å². The molecule has 0 aliphatic heterocycles. The highest BCUT2D eigenvalue weighted by Gasteiger charge is 2.10. The van der Waals surface area contributed by atoms with Crippen molar-refractivity contribution in [3.63, 3.8) is 0 Å². The van der Waals surface area contributed by atoms with Crippen molar-refractivity contribution >= 4 is 21.7 Å². The number of rotatable bonds is 3. The monoisotopic (exact) mass is 293 g/mol. The molecule has 2 aromatic rings. The van der Waals surface area contributed by atoms with E-state index in [-0.39, 0.29) is 0 Å². The van der Waals surface area contributed by atoms with Crippen molar-refractivity contribution in [2.75, 3.05) is 11.9 Å². The van der Waals surface area contributed by atoms with E-state index in [9.17, 15) is 0 Å². The number of anilines is 1. The number of hydrogen-bond acceptors (Lipinski definition) is 5. The summed E-state index contributed by atoms with van der Waals surface area (Å²) in [4.78, 5) is 17.0. The van der Waals surface area contributed by atoms with Gasteiger partial charge in [0.05, 0.1) is 16.4 Å². The SMILES string of the molecule is CCNc1nc(-c2cnccn2)nc(C)c1Br. The molecule has 2 rings (SSSR count). The summed E-state index contributed by atoms with van der Waals surface area (Å²) in [5.74, 6) is 1.36. The van der Waals surface area contributed by atoms with Crippen molar-refractivity contribution in [1.29, 1.82) is 0 Å². The Morgan fingerprint density at radius 1 is 1.29 bits per heavy atom. The van der Waals surface area contributed by atoms with Crippen LogP contribution in [-0.2, 0) is 0 Å². The highest BCUT2D eigenvalue weighted by atomic mass is 79.9. The maximum Gasteiger partial charge on any atom is 0.182 e. The first-order valence-corrected chi connectivity index (χ1v) is 6.06. The van der Waals surface area contributed by atoms with E-state index >= 15 is 0 Å². The standard InChI is InChI=1S/C11H12BrN5/c1-3-14-11-9(12)7(2)16-10(17-11)8-6-13-4-5-15-8/h4-6H,3H2,1-2H3,(H,14,16,17). The number of nitrogens with zero attached hydrogens (tertiary/aromatic N) is 4. The molecule has 0 amide bonds. The van der Waals surface area contributed by atoms with E-state index in [0.717, 1.165) is 22.5 Å². The van der Waals surface area contributed by atoms with Gasteiger partial charge in [0.2, 0.25) is 0 Å². The fraction of sp³-hybridized carbons (Fsp3) is 0.273. The Labute approximate surface area is 108 Å². The van der Waals surface area contributed by atoms with Crippen molar-refractivity contribution in [2.24, 2.45) is 0 Å². The molecule has 17 heavy (non-hydrogen) atoms. The molecule has 0 fully saturated rings. The molecule has 1 N–H and O–H groups in total. The van der Waals surface area contributed by atoms with Crippen LogP contribution in [0.15, 0.2) is 23.1 Å². The normalized spacial score (nSPS) is 10.3. The summed E-state index contributed by atoms with van der Waals surface area (Å²) in [5.41, 5.74) is 1.54. The topological polar surface area (TPSA) is 63.6 Å². The fourth-order valence-electron chi connectivity index (χ4n) is 1.37. The molecule has 0 saturated heterocycles. The van der Waals surface area contributed by atoms with Crippen LogP contribution in [0.4, 0.5) is 5.82 Å². The Bertz CT molecular complexity index is 515. The van der Waals surface area contributed by atoms with Gasteiger partial charge in [0.1, 0.15) is 11.5 Å². The van der Waals surface area contributed by atoms with Gasteiger partial charge in [-0.05, 0) is 29.8 Å². The van der Waals surface area contributed by atoms with Gasteiger partial charge in [0, 0.05) is 18.9 Å². The first kappa shape index (κ1) is 11.9. The van der Waals surface area contributed by atoms with Gasteiger partial charge in [0.25, 0.3) is 0 Å². The van der Waals surface area contributed by atoms with Gasteiger partial charge < -0.3 is 5.32 Å². The van der Waals surface area contributed by atoms with E-state index in [1.165, 1.54) is 0 Å². The Kier molecular flexibility index (Phi) is 3.63. The van der Waals surface area contributed by atoms with E-state index in [4.69, 9.17) is 0 Å². The lowest BCUT2D eigenvalue weighted by Crippen LogP contribution is -2.05. The van der Waals surface area contributed by atoms with Crippen LogP contribution in [0.5, 0.6) is 0 Å². The molecule has 88 valence electrons. The minimum absolute atomic E-state index is 0.578. The van der Waals surface area contributed by atoms with Crippen LogP contribution in [0.1, 0.15) is 12.6 Å². The van der Waals surface area contributed by atoms with Crippen LogP contribution in [-0.4, -0.2) is 26.5 Å². The molecule has 0 spiro atoms. The molecule has 0 aliphatic carbocycles. The predicted octanol–water partition coefficient (Wildman–Crippen LogP) is 2.44. The van der Waals surface area contributed by atoms with Crippen LogP contribution in [0, 0.1) is 6.92 Å². The third kappa shape index (κ3) is 2.58. The zero-order valence-electron chi connectivity index (χ0n) is 9.61. The molecule has 5 nitrogen and oxygen atoms in total. The molecular formula is C11H12BrN5. The van der Waals surface area contributed by atoms with E-state index in [1.807, 2.05) is 13.8 Å². The summed E-state index contributed by atoms with van der Waals surface area (Å²) < 4.78 is 0.881. The van der Waals surface area contributed by atoms with E-state index < -0.39 is 0 Å². The summed E-state index contributed by atoms with van der Waals surface area (Å²) in [6.45, 7) is 4.74. The van der Waals surface area contributed by atoms with Gasteiger partial charge in [-0.1, -0.05) is 0 Å². The first-order valence-electron chi connectivity index (χ1n) is 5.26. The lowest BCUT2D eigenvalue weighted by Gasteiger charge is -2.09. The second-order valence-corrected chi connectivity index (χ2v) is 4.21. The molecule has 6 heteroatoms. The molecule has 0 aromatic carbocycles. The van der Waals surface area contributed by atoms with Gasteiger partial charge in [-0.15, -0.1) is 0 Å². The number of aromatic nitrogens is 4. The average molecular weight is 294 g/mol. The predicted molar refractivity (Wildman–Crippen MR) is 69.7 cm³/mol. The van der Waals surface area contributed by atoms with Crippen molar-refractivity contribution < 1.29 is 0 Å². The maximum atomic E-state index is 4.42. The van der Waals surface area contributed by atoms with Gasteiger partial charge >= 0.3 is 0 Å². The lowest BCUT2D eigenvalue weighted by atomic mass is 10.3. The summed E-state index contributed by atoms with van der Waals surface area (Å²) in [6, 6.07) is 0. The maximum absolute atomic E-state index is 4.42. The van der Waals surface area contributed by atoms with Crippen molar-refractivity contribution in [3.8, 4) is 11.5 Å². The molecule has 0 saturated carbocycles. The Balaban J connectivity index is 2.49. The minimum Gasteiger partial charge on any atom is -0.369 e. The fourth-order valence-corrected chi connectivity index (χ4v) is 1.69. The summed E-state index contributed by atoms with van der Waals surface area (Å²) in [6.07, 6.45) is 4.90. The van der Waals surface area contributed by atoms with Gasteiger partial charge in [-0.25, -0.2) is 15.0 Å². The van der Waals surface area contributed by atoms with E-state index in [2.05, 4.69) is 41.2 Å². The molecule has 0 unspecified atom stereocenters. The number of hydrogen-bond donors (Lipinski definition) is 1. The number of nitrogens with one attached hydrogen (secondary N) is 1. The number of aryl methyl sites for hydroxylation is 1. The summed E-state index contributed by atoms with van der Waals surface area (Å²) in [7, 11) is 0. The third-order valence-electron chi connectivity index (χ3n) is 2.15. The molecular weight excluding hydrogens is 282 g/mol. The molecule has 0 aliphatic rings. The molecule has 0 radical (unpaired) electrons. The van der Waals surface area contributed by atoms with E-state index in [1.54, 1.807) is 18.6 Å². The van der Waals surface area contributed by atoms with Crippen LogP contribution >= 0.6 is 15.9 Å². The Morgan fingerprint density at radius 2 is 2.12 bits per heavy atom. The second kappa shape index (κ2) is 5.18. The number of halogens is 1. The summed E-state index contributed by atoms with van der Waals surface area (Å²) >= 11 is 3.46. The van der Waals surface area contributed by atoms with Crippen molar-refractivity contribution in [1.82, 2.24) is 19.9 Å². The minimum atomic E-state index is 0.578. The van der Waals surface area contributed by atoms with Gasteiger partial charge in [-0.2, -0.15) is 0 Å². The molecule has 2 heterocycles.